The highest BCUT2D eigenvalue weighted by Gasteiger charge is 2.27. The van der Waals surface area contributed by atoms with Crippen LogP contribution in [0.4, 0.5) is 13.2 Å². The number of rotatable bonds is 8. The Morgan fingerprint density at radius 3 is 2.61 bits per heavy atom. The van der Waals surface area contributed by atoms with Crippen LogP contribution in [0.15, 0.2) is 29.4 Å². The second-order valence-corrected chi connectivity index (χ2v) is 4.52. The fraction of sp³-hybridized carbons (Fsp3) is 0.571. The van der Waals surface area contributed by atoms with Crippen LogP contribution in [0, 0.1) is 0 Å². The van der Waals surface area contributed by atoms with Crippen LogP contribution < -0.4 is 10.6 Å². The number of guanidine groups is 1. The second-order valence-electron chi connectivity index (χ2n) is 4.52. The molecule has 9 heteroatoms. The van der Waals surface area contributed by atoms with E-state index in [1.54, 1.807) is 13.2 Å². The lowest BCUT2D eigenvalue weighted by atomic mass is 10.3. The molecule has 0 saturated carbocycles. The van der Waals surface area contributed by atoms with Crippen molar-refractivity contribution in [2.24, 2.45) is 4.99 Å². The number of nitrogens with zero attached hydrogens (tertiary/aromatic N) is 2. The molecule has 0 radical (unpaired) electrons. The third kappa shape index (κ3) is 12.0. The van der Waals surface area contributed by atoms with E-state index in [-0.39, 0.29) is 30.6 Å². The first-order valence-electron chi connectivity index (χ1n) is 7.00. The lowest BCUT2D eigenvalue weighted by Crippen LogP contribution is -2.39. The monoisotopic (exact) mass is 446 g/mol. The van der Waals surface area contributed by atoms with Crippen molar-refractivity contribution in [3.8, 4) is 0 Å². The van der Waals surface area contributed by atoms with Gasteiger partial charge in [-0.1, -0.05) is 6.07 Å². The molecule has 0 bridgehead atoms. The molecule has 1 aromatic heterocycles. The van der Waals surface area contributed by atoms with Gasteiger partial charge in [-0.15, -0.1) is 24.0 Å². The summed E-state index contributed by atoms with van der Waals surface area (Å²) in [4.78, 5) is 8.24. The first-order valence-corrected chi connectivity index (χ1v) is 7.00. The molecule has 1 aromatic rings. The molecule has 0 saturated heterocycles. The molecule has 0 aliphatic heterocycles. The zero-order valence-corrected chi connectivity index (χ0v) is 15.2. The van der Waals surface area contributed by atoms with Gasteiger partial charge in [0, 0.05) is 45.1 Å². The molecule has 0 unspecified atom stereocenters. The Labute approximate surface area is 151 Å². The maximum Gasteiger partial charge on any atom is 0.411 e. The summed E-state index contributed by atoms with van der Waals surface area (Å²) in [6, 6.07) is 5.73. The molecule has 0 aromatic carbocycles. The van der Waals surface area contributed by atoms with Crippen molar-refractivity contribution < 1.29 is 17.9 Å². The van der Waals surface area contributed by atoms with Crippen LogP contribution in [0.1, 0.15) is 12.1 Å². The molecule has 1 rings (SSSR count). The zero-order chi connectivity index (χ0) is 16.3. The Morgan fingerprint density at radius 2 is 2.00 bits per heavy atom. The highest BCUT2D eigenvalue weighted by molar-refractivity contribution is 14.0. The summed E-state index contributed by atoms with van der Waals surface area (Å²) in [5.41, 5.74) is 0.978. The van der Waals surface area contributed by atoms with Gasteiger partial charge in [0.15, 0.2) is 5.96 Å². The van der Waals surface area contributed by atoms with E-state index in [9.17, 15) is 13.2 Å². The van der Waals surface area contributed by atoms with Crippen molar-refractivity contribution in [1.82, 2.24) is 15.6 Å². The molecule has 0 amide bonds. The molecule has 132 valence electrons. The van der Waals surface area contributed by atoms with Crippen LogP contribution in [0.3, 0.4) is 0 Å². The summed E-state index contributed by atoms with van der Waals surface area (Å²) in [5, 5.41) is 6.12. The fourth-order valence-corrected chi connectivity index (χ4v) is 1.64. The van der Waals surface area contributed by atoms with E-state index in [0.717, 1.165) is 12.1 Å². The molecule has 0 atom stereocenters. The standard InChI is InChI=1S/C14H21F3N4O.HI/c1-18-13(20-8-4-10-22-11-14(15,16)17)21-9-6-12-5-2-3-7-19-12;/h2-3,5,7H,4,6,8-11H2,1H3,(H2,18,20,21);1H. The number of aliphatic imine (C=N–C) groups is 1. The minimum atomic E-state index is -4.27. The summed E-state index contributed by atoms with van der Waals surface area (Å²) in [5.74, 6) is 0.603. The van der Waals surface area contributed by atoms with E-state index in [2.05, 4.69) is 25.3 Å². The van der Waals surface area contributed by atoms with Gasteiger partial charge in [0.2, 0.25) is 0 Å². The Bertz CT molecular complexity index is 443. The lowest BCUT2D eigenvalue weighted by molar-refractivity contribution is -0.173. The fourth-order valence-electron chi connectivity index (χ4n) is 1.64. The summed E-state index contributed by atoms with van der Waals surface area (Å²) < 4.78 is 40.1. The summed E-state index contributed by atoms with van der Waals surface area (Å²) in [7, 11) is 1.64. The number of aromatic nitrogens is 1. The summed E-state index contributed by atoms with van der Waals surface area (Å²) in [6.07, 6.45) is -1.30. The Kier molecular flexibility index (Phi) is 11.7. The predicted octanol–water partition coefficient (Wildman–Crippen LogP) is 2.38. The van der Waals surface area contributed by atoms with E-state index in [4.69, 9.17) is 0 Å². The largest absolute Gasteiger partial charge is 0.411 e. The lowest BCUT2D eigenvalue weighted by Gasteiger charge is -2.12. The van der Waals surface area contributed by atoms with Gasteiger partial charge in [0.1, 0.15) is 6.61 Å². The molecule has 0 spiro atoms. The Balaban J connectivity index is 0.00000484. The van der Waals surface area contributed by atoms with Gasteiger partial charge in [-0.3, -0.25) is 9.98 Å². The van der Waals surface area contributed by atoms with Crippen molar-refractivity contribution >= 4 is 29.9 Å². The van der Waals surface area contributed by atoms with Crippen LogP contribution in [0.2, 0.25) is 0 Å². The van der Waals surface area contributed by atoms with Crippen LogP contribution in [0.5, 0.6) is 0 Å². The van der Waals surface area contributed by atoms with Gasteiger partial charge < -0.3 is 15.4 Å². The number of pyridine rings is 1. The molecule has 23 heavy (non-hydrogen) atoms. The van der Waals surface area contributed by atoms with Crippen LogP contribution in [-0.4, -0.2) is 50.5 Å². The van der Waals surface area contributed by atoms with Crippen LogP contribution >= 0.6 is 24.0 Å². The molecular weight excluding hydrogens is 424 g/mol. The van der Waals surface area contributed by atoms with E-state index >= 15 is 0 Å². The number of ether oxygens (including phenoxy) is 1. The van der Waals surface area contributed by atoms with Crippen molar-refractivity contribution in [2.75, 3.05) is 33.4 Å². The maximum atomic E-state index is 11.9. The highest BCUT2D eigenvalue weighted by atomic mass is 127. The van der Waals surface area contributed by atoms with Gasteiger partial charge in [0.25, 0.3) is 0 Å². The minimum Gasteiger partial charge on any atom is -0.372 e. The first kappa shape index (κ1) is 21.9. The van der Waals surface area contributed by atoms with Crippen LogP contribution in [-0.2, 0) is 11.2 Å². The SMILES string of the molecule is CN=C(NCCCOCC(F)(F)F)NCCc1ccccn1.I. The van der Waals surface area contributed by atoms with Crippen LogP contribution in [0.25, 0.3) is 0 Å². The van der Waals surface area contributed by atoms with Gasteiger partial charge in [-0.25, -0.2) is 0 Å². The molecule has 0 aliphatic rings. The quantitative estimate of drug-likeness (QED) is 0.279. The average Bonchev–Trinajstić information content (AvgIpc) is 2.49. The average molecular weight is 446 g/mol. The Morgan fingerprint density at radius 1 is 1.26 bits per heavy atom. The van der Waals surface area contributed by atoms with E-state index in [1.807, 2.05) is 18.2 Å². The normalized spacial score (nSPS) is 11.7. The molecular formula is C14H22F3IN4O. The number of alkyl halides is 3. The van der Waals surface area contributed by atoms with Crippen molar-refractivity contribution in [3.05, 3.63) is 30.1 Å². The number of halogens is 4. The van der Waals surface area contributed by atoms with Crippen molar-refractivity contribution in [3.63, 3.8) is 0 Å². The van der Waals surface area contributed by atoms with E-state index in [1.165, 1.54) is 0 Å². The number of hydrogen-bond donors (Lipinski definition) is 2. The third-order valence-corrected chi connectivity index (χ3v) is 2.65. The van der Waals surface area contributed by atoms with Crippen molar-refractivity contribution in [1.29, 1.82) is 0 Å². The predicted molar refractivity (Wildman–Crippen MR) is 94.2 cm³/mol. The van der Waals surface area contributed by atoms with E-state index < -0.39 is 12.8 Å². The summed E-state index contributed by atoms with van der Waals surface area (Å²) in [6.45, 7) is 0.00384. The topological polar surface area (TPSA) is 58.5 Å². The first-order chi connectivity index (χ1) is 10.5. The van der Waals surface area contributed by atoms with Gasteiger partial charge in [-0.2, -0.15) is 13.2 Å². The molecule has 5 nitrogen and oxygen atoms in total. The summed E-state index contributed by atoms with van der Waals surface area (Å²) >= 11 is 0. The molecule has 0 fully saturated rings. The maximum absolute atomic E-state index is 11.9. The van der Waals surface area contributed by atoms with Crippen molar-refractivity contribution in [2.45, 2.75) is 19.0 Å². The number of hydrogen-bond acceptors (Lipinski definition) is 3. The van der Waals surface area contributed by atoms with Gasteiger partial charge in [-0.05, 0) is 18.6 Å². The zero-order valence-electron chi connectivity index (χ0n) is 12.9. The smallest absolute Gasteiger partial charge is 0.372 e. The highest BCUT2D eigenvalue weighted by Crippen LogP contribution is 2.14. The molecule has 1 heterocycles. The van der Waals surface area contributed by atoms with Gasteiger partial charge in [0.05, 0.1) is 0 Å². The molecule has 2 N–H and O–H groups in total. The number of nitrogens with one attached hydrogen (secondary N) is 2. The molecule has 0 aliphatic carbocycles. The second kappa shape index (κ2) is 12.3. The third-order valence-electron chi connectivity index (χ3n) is 2.65. The Hall–Kier alpha value is -1.10. The van der Waals surface area contributed by atoms with Gasteiger partial charge >= 0.3 is 6.18 Å². The minimum absolute atomic E-state index is 0. The van der Waals surface area contributed by atoms with E-state index in [0.29, 0.717) is 25.5 Å².